The van der Waals surface area contributed by atoms with Gasteiger partial charge in [-0.2, -0.15) is 0 Å². The maximum absolute atomic E-state index is 11.7. The summed E-state index contributed by atoms with van der Waals surface area (Å²) in [5.41, 5.74) is 0.784. The number of amides is 2. The SMILES string of the molecule is Cn1cccc1C(O)CNC(=O)NC1CCOCC1. The van der Waals surface area contributed by atoms with E-state index in [0.717, 1.165) is 18.5 Å². The molecule has 2 rings (SSSR count). The molecule has 0 saturated carbocycles. The van der Waals surface area contributed by atoms with Gasteiger partial charge in [0.25, 0.3) is 0 Å². The van der Waals surface area contributed by atoms with Crippen LogP contribution in [-0.2, 0) is 11.8 Å². The molecule has 1 saturated heterocycles. The van der Waals surface area contributed by atoms with Gasteiger partial charge in [0.05, 0.1) is 6.54 Å². The largest absolute Gasteiger partial charge is 0.385 e. The van der Waals surface area contributed by atoms with Crippen molar-refractivity contribution in [1.82, 2.24) is 15.2 Å². The highest BCUT2D eigenvalue weighted by Crippen LogP contribution is 2.11. The second-order valence-electron chi connectivity index (χ2n) is 4.80. The Bertz CT molecular complexity index is 413. The molecule has 1 aliphatic heterocycles. The van der Waals surface area contributed by atoms with E-state index < -0.39 is 6.10 Å². The maximum atomic E-state index is 11.7. The average Bonchev–Trinajstić information content (AvgIpc) is 2.83. The van der Waals surface area contributed by atoms with Crippen LogP contribution in [0.25, 0.3) is 0 Å². The minimum atomic E-state index is -0.694. The molecule has 0 aliphatic carbocycles. The van der Waals surface area contributed by atoms with E-state index in [1.165, 1.54) is 0 Å². The Kier molecular flexibility index (Phi) is 4.81. The molecule has 2 heterocycles. The Labute approximate surface area is 112 Å². The Morgan fingerprint density at radius 3 is 2.95 bits per heavy atom. The fourth-order valence-corrected chi connectivity index (χ4v) is 2.19. The highest BCUT2D eigenvalue weighted by atomic mass is 16.5. The molecule has 6 nitrogen and oxygen atoms in total. The van der Waals surface area contributed by atoms with Crippen LogP contribution in [-0.4, -0.2) is 41.5 Å². The van der Waals surface area contributed by atoms with Crippen molar-refractivity contribution in [1.29, 1.82) is 0 Å². The van der Waals surface area contributed by atoms with E-state index in [2.05, 4.69) is 10.6 Å². The first kappa shape index (κ1) is 13.9. The Hall–Kier alpha value is -1.53. The normalized spacial score (nSPS) is 18.0. The summed E-state index contributed by atoms with van der Waals surface area (Å²) in [4.78, 5) is 11.7. The number of hydrogen-bond donors (Lipinski definition) is 3. The molecule has 1 unspecified atom stereocenters. The van der Waals surface area contributed by atoms with Crippen LogP contribution in [0.4, 0.5) is 4.79 Å². The third-order valence-electron chi connectivity index (χ3n) is 3.34. The number of nitrogens with zero attached hydrogens (tertiary/aromatic N) is 1. The van der Waals surface area contributed by atoms with Crippen molar-refractivity contribution in [2.24, 2.45) is 7.05 Å². The lowest BCUT2D eigenvalue weighted by molar-refractivity contribution is 0.0798. The number of aryl methyl sites for hydroxylation is 1. The zero-order chi connectivity index (χ0) is 13.7. The first-order valence-corrected chi connectivity index (χ1v) is 6.58. The maximum Gasteiger partial charge on any atom is 0.315 e. The van der Waals surface area contributed by atoms with Gasteiger partial charge in [-0.05, 0) is 25.0 Å². The van der Waals surface area contributed by atoms with E-state index in [9.17, 15) is 9.90 Å². The molecule has 0 bridgehead atoms. The molecule has 19 heavy (non-hydrogen) atoms. The first-order valence-electron chi connectivity index (χ1n) is 6.58. The first-order chi connectivity index (χ1) is 9.16. The van der Waals surface area contributed by atoms with Crippen LogP contribution in [0, 0.1) is 0 Å². The number of hydrogen-bond acceptors (Lipinski definition) is 3. The summed E-state index contributed by atoms with van der Waals surface area (Å²) in [6.07, 6.45) is 2.85. The molecule has 0 aromatic carbocycles. The predicted octanol–water partition coefficient (Wildman–Crippen LogP) is 0.537. The molecule has 1 atom stereocenters. The van der Waals surface area contributed by atoms with Gasteiger partial charge in [0, 0.05) is 38.2 Å². The van der Waals surface area contributed by atoms with Crippen LogP contribution in [0.3, 0.4) is 0 Å². The van der Waals surface area contributed by atoms with E-state index in [4.69, 9.17) is 4.74 Å². The summed E-state index contributed by atoms with van der Waals surface area (Å²) in [5.74, 6) is 0. The van der Waals surface area contributed by atoms with Gasteiger partial charge in [-0.1, -0.05) is 0 Å². The predicted molar refractivity (Wildman–Crippen MR) is 70.7 cm³/mol. The van der Waals surface area contributed by atoms with E-state index in [1.807, 2.05) is 29.9 Å². The summed E-state index contributed by atoms with van der Waals surface area (Å²) in [6, 6.07) is 3.63. The second kappa shape index (κ2) is 6.58. The van der Waals surface area contributed by atoms with Crippen LogP contribution in [0.15, 0.2) is 18.3 Å². The van der Waals surface area contributed by atoms with E-state index in [0.29, 0.717) is 13.2 Å². The van der Waals surface area contributed by atoms with Crippen molar-refractivity contribution in [3.05, 3.63) is 24.0 Å². The molecule has 1 aromatic rings. The van der Waals surface area contributed by atoms with Crippen LogP contribution < -0.4 is 10.6 Å². The van der Waals surface area contributed by atoms with E-state index in [1.54, 1.807) is 0 Å². The van der Waals surface area contributed by atoms with Crippen molar-refractivity contribution in [2.75, 3.05) is 19.8 Å². The minimum absolute atomic E-state index is 0.168. The highest BCUT2D eigenvalue weighted by Gasteiger charge is 2.17. The molecule has 0 spiro atoms. The van der Waals surface area contributed by atoms with Crippen molar-refractivity contribution < 1.29 is 14.6 Å². The van der Waals surface area contributed by atoms with Crippen molar-refractivity contribution in [3.8, 4) is 0 Å². The van der Waals surface area contributed by atoms with Crippen LogP contribution >= 0.6 is 0 Å². The number of ether oxygens (including phenoxy) is 1. The molecule has 1 fully saturated rings. The smallest absolute Gasteiger partial charge is 0.315 e. The molecular weight excluding hydrogens is 246 g/mol. The van der Waals surface area contributed by atoms with Crippen LogP contribution in [0.5, 0.6) is 0 Å². The standard InChI is InChI=1S/C13H21N3O3/c1-16-6-2-3-11(16)12(17)9-14-13(18)15-10-4-7-19-8-5-10/h2-3,6,10,12,17H,4-5,7-9H2,1H3,(H2,14,15,18). The van der Waals surface area contributed by atoms with E-state index >= 15 is 0 Å². The Morgan fingerprint density at radius 1 is 1.58 bits per heavy atom. The average molecular weight is 267 g/mol. The van der Waals surface area contributed by atoms with Gasteiger partial charge in [-0.15, -0.1) is 0 Å². The second-order valence-corrected chi connectivity index (χ2v) is 4.80. The topological polar surface area (TPSA) is 75.5 Å². The molecule has 3 N–H and O–H groups in total. The Morgan fingerprint density at radius 2 is 2.32 bits per heavy atom. The lowest BCUT2D eigenvalue weighted by Crippen LogP contribution is -2.45. The number of carbonyl (C=O) groups is 1. The molecule has 1 aliphatic rings. The fourth-order valence-electron chi connectivity index (χ4n) is 2.19. The van der Waals surface area contributed by atoms with Crippen molar-refractivity contribution in [3.63, 3.8) is 0 Å². The number of aliphatic hydroxyl groups is 1. The number of aliphatic hydroxyl groups excluding tert-OH is 1. The Balaban J connectivity index is 1.72. The third kappa shape index (κ3) is 3.97. The van der Waals surface area contributed by atoms with Gasteiger partial charge in [0.15, 0.2) is 0 Å². The van der Waals surface area contributed by atoms with Gasteiger partial charge in [0.1, 0.15) is 6.10 Å². The molecule has 6 heteroatoms. The lowest BCUT2D eigenvalue weighted by Gasteiger charge is -2.23. The molecule has 0 radical (unpaired) electrons. The molecular formula is C13H21N3O3. The van der Waals surface area contributed by atoms with Crippen LogP contribution in [0.1, 0.15) is 24.6 Å². The zero-order valence-electron chi connectivity index (χ0n) is 11.1. The van der Waals surface area contributed by atoms with Gasteiger partial charge in [-0.3, -0.25) is 0 Å². The third-order valence-corrected chi connectivity index (χ3v) is 3.34. The number of nitrogens with one attached hydrogen (secondary N) is 2. The number of aromatic nitrogens is 1. The van der Waals surface area contributed by atoms with Crippen molar-refractivity contribution >= 4 is 6.03 Å². The highest BCUT2D eigenvalue weighted by molar-refractivity contribution is 5.74. The quantitative estimate of drug-likeness (QED) is 0.745. The number of carbonyl (C=O) groups excluding carboxylic acids is 1. The summed E-state index contributed by atoms with van der Waals surface area (Å²) in [7, 11) is 1.86. The van der Waals surface area contributed by atoms with Gasteiger partial charge in [-0.25, -0.2) is 4.79 Å². The van der Waals surface area contributed by atoms with Gasteiger partial charge in [0.2, 0.25) is 0 Å². The summed E-state index contributed by atoms with van der Waals surface area (Å²) >= 11 is 0. The molecule has 106 valence electrons. The van der Waals surface area contributed by atoms with Gasteiger partial charge < -0.3 is 25.0 Å². The zero-order valence-corrected chi connectivity index (χ0v) is 11.1. The molecule has 2 amide bonds. The number of rotatable bonds is 4. The minimum Gasteiger partial charge on any atom is -0.385 e. The van der Waals surface area contributed by atoms with Crippen LogP contribution in [0.2, 0.25) is 0 Å². The monoisotopic (exact) mass is 267 g/mol. The lowest BCUT2D eigenvalue weighted by atomic mass is 10.1. The van der Waals surface area contributed by atoms with Crippen molar-refractivity contribution in [2.45, 2.75) is 25.0 Å². The van der Waals surface area contributed by atoms with E-state index in [-0.39, 0.29) is 18.6 Å². The fraction of sp³-hybridized carbons (Fsp3) is 0.615. The summed E-state index contributed by atoms with van der Waals surface area (Å²) in [5, 5.41) is 15.5. The van der Waals surface area contributed by atoms with Gasteiger partial charge >= 0.3 is 6.03 Å². The molecule has 1 aromatic heterocycles. The number of urea groups is 1. The summed E-state index contributed by atoms with van der Waals surface area (Å²) < 4.78 is 7.06. The summed E-state index contributed by atoms with van der Waals surface area (Å²) in [6.45, 7) is 1.58.